The lowest BCUT2D eigenvalue weighted by Gasteiger charge is -2.08. The molecule has 0 bridgehead atoms. The van der Waals surface area contributed by atoms with Crippen LogP contribution in [-0.4, -0.2) is 18.5 Å². The number of carbonyl (C=O) groups is 2. The molecule has 0 atom stereocenters. The van der Waals surface area contributed by atoms with Crippen LogP contribution in [0.1, 0.15) is 59.0 Å². The van der Waals surface area contributed by atoms with Crippen molar-refractivity contribution in [2.75, 3.05) is 11.9 Å². The van der Waals surface area contributed by atoms with Crippen molar-refractivity contribution in [3.05, 3.63) is 51.9 Å². The van der Waals surface area contributed by atoms with E-state index in [0.717, 1.165) is 36.8 Å². The van der Waals surface area contributed by atoms with Gasteiger partial charge in [-0.25, -0.2) is 4.79 Å². The highest BCUT2D eigenvalue weighted by molar-refractivity contribution is 7.17. The number of carbonyl (C=O) groups excluding carboxylic acids is 2. The van der Waals surface area contributed by atoms with Gasteiger partial charge in [0.2, 0.25) is 5.91 Å². The molecule has 0 aliphatic heterocycles. The SMILES string of the molecule is CCOC(=O)c1c(NC(=O)CCc2ccccc2)sc2c1CCCCC2. The molecule has 2 aromatic rings. The lowest BCUT2D eigenvalue weighted by atomic mass is 10.1. The number of rotatable bonds is 6. The maximum absolute atomic E-state index is 12.5. The van der Waals surface area contributed by atoms with Crippen LogP contribution in [0.2, 0.25) is 0 Å². The zero-order valence-electron chi connectivity index (χ0n) is 15.2. The molecule has 1 heterocycles. The van der Waals surface area contributed by atoms with Crippen LogP contribution in [0, 0.1) is 0 Å². The molecule has 5 heteroatoms. The van der Waals surface area contributed by atoms with Crippen molar-refractivity contribution in [3.8, 4) is 0 Å². The molecule has 0 saturated heterocycles. The second kappa shape index (κ2) is 8.99. The van der Waals surface area contributed by atoms with Gasteiger partial charge in [0.05, 0.1) is 12.2 Å². The van der Waals surface area contributed by atoms with Crippen LogP contribution >= 0.6 is 11.3 Å². The monoisotopic (exact) mass is 371 g/mol. The normalized spacial score (nSPS) is 13.6. The van der Waals surface area contributed by atoms with Gasteiger partial charge in [0, 0.05) is 11.3 Å². The quantitative estimate of drug-likeness (QED) is 0.588. The summed E-state index contributed by atoms with van der Waals surface area (Å²) in [4.78, 5) is 26.2. The zero-order valence-corrected chi connectivity index (χ0v) is 16.0. The first-order valence-corrected chi connectivity index (χ1v) is 10.2. The van der Waals surface area contributed by atoms with Gasteiger partial charge in [-0.2, -0.15) is 0 Å². The molecule has 0 unspecified atom stereocenters. The summed E-state index contributed by atoms with van der Waals surface area (Å²) in [5.74, 6) is -0.374. The van der Waals surface area contributed by atoms with Gasteiger partial charge in [0.25, 0.3) is 0 Å². The van der Waals surface area contributed by atoms with E-state index in [1.807, 2.05) is 30.3 Å². The van der Waals surface area contributed by atoms with Gasteiger partial charge >= 0.3 is 5.97 Å². The highest BCUT2D eigenvalue weighted by Crippen LogP contribution is 2.38. The van der Waals surface area contributed by atoms with E-state index in [1.54, 1.807) is 18.3 Å². The molecule has 1 aromatic heterocycles. The molecule has 0 saturated carbocycles. The number of benzene rings is 1. The Morgan fingerprint density at radius 2 is 1.88 bits per heavy atom. The molecular formula is C21H25NO3S. The molecule has 1 aromatic carbocycles. The summed E-state index contributed by atoms with van der Waals surface area (Å²) in [6.07, 6.45) is 6.35. The van der Waals surface area contributed by atoms with E-state index in [0.29, 0.717) is 30.0 Å². The molecule has 26 heavy (non-hydrogen) atoms. The summed E-state index contributed by atoms with van der Waals surface area (Å²) in [6, 6.07) is 9.95. The minimum atomic E-state index is -0.315. The molecule has 4 nitrogen and oxygen atoms in total. The maximum Gasteiger partial charge on any atom is 0.341 e. The lowest BCUT2D eigenvalue weighted by molar-refractivity contribution is -0.116. The number of fused-ring (bicyclic) bond motifs is 1. The Kier molecular flexibility index (Phi) is 6.45. The third kappa shape index (κ3) is 4.52. The van der Waals surface area contributed by atoms with Gasteiger partial charge in [-0.1, -0.05) is 36.8 Å². The molecule has 1 amide bonds. The van der Waals surface area contributed by atoms with Gasteiger partial charge in [-0.15, -0.1) is 11.3 Å². The number of thiophene rings is 1. The van der Waals surface area contributed by atoms with Gasteiger partial charge in [-0.05, 0) is 50.2 Å². The van der Waals surface area contributed by atoms with Crippen LogP contribution in [0.25, 0.3) is 0 Å². The number of aryl methyl sites for hydroxylation is 2. The number of ether oxygens (including phenoxy) is 1. The molecule has 1 aliphatic rings. The van der Waals surface area contributed by atoms with E-state index < -0.39 is 0 Å². The molecule has 0 spiro atoms. The van der Waals surface area contributed by atoms with E-state index in [4.69, 9.17) is 4.74 Å². The van der Waals surface area contributed by atoms with Crippen molar-refractivity contribution in [2.45, 2.75) is 51.9 Å². The topological polar surface area (TPSA) is 55.4 Å². The summed E-state index contributed by atoms with van der Waals surface area (Å²) in [6.45, 7) is 2.14. The van der Waals surface area contributed by atoms with E-state index in [2.05, 4.69) is 5.32 Å². The number of nitrogens with one attached hydrogen (secondary N) is 1. The van der Waals surface area contributed by atoms with Crippen LogP contribution in [0.4, 0.5) is 5.00 Å². The first kappa shape index (κ1) is 18.6. The Bertz CT molecular complexity index is 767. The largest absolute Gasteiger partial charge is 0.462 e. The predicted molar refractivity (Wildman–Crippen MR) is 105 cm³/mol. The number of amides is 1. The van der Waals surface area contributed by atoms with E-state index >= 15 is 0 Å². The number of esters is 1. The average molecular weight is 372 g/mol. The molecule has 138 valence electrons. The third-order valence-electron chi connectivity index (χ3n) is 4.64. The third-order valence-corrected chi connectivity index (χ3v) is 5.84. The summed E-state index contributed by atoms with van der Waals surface area (Å²) >= 11 is 1.55. The average Bonchev–Trinajstić information content (AvgIpc) is 2.82. The second-order valence-corrected chi connectivity index (χ2v) is 7.63. The summed E-state index contributed by atoms with van der Waals surface area (Å²) in [5.41, 5.74) is 2.81. The van der Waals surface area contributed by atoms with Crippen LogP contribution in [-0.2, 0) is 28.8 Å². The van der Waals surface area contributed by atoms with Crippen molar-refractivity contribution >= 4 is 28.2 Å². The minimum Gasteiger partial charge on any atom is -0.462 e. The first-order valence-electron chi connectivity index (χ1n) is 9.34. The van der Waals surface area contributed by atoms with Gasteiger partial charge in [-0.3, -0.25) is 4.79 Å². The van der Waals surface area contributed by atoms with Gasteiger partial charge in [0.15, 0.2) is 0 Å². The summed E-state index contributed by atoms with van der Waals surface area (Å²) < 4.78 is 5.26. The Morgan fingerprint density at radius 1 is 1.12 bits per heavy atom. The van der Waals surface area contributed by atoms with Crippen LogP contribution < -0.4 is 5.32 Å². The van der Waals surface area contributed by atoms with Crippen molar-refractivity contribution in [2.24, 2.45) is 0 Å². The fraction of sp³-hybridized carbons (Fsp3) is 0.429. The molecular weight excluding hydrogens is 346 g/mol. The predicted octanol–water partition coefficient (Wildman–Crippen LogP) is 4.77. The van der Waals surface area contributed by atoms with Crippen molar-refractivity contribution < 1.29 is 14.3 Å². The molecule has 1 N–H and O–H groups in total. The van der Waals surface area contributed by atoms with Crippen LogP contribution in [0.5, 0.6) is 0 Å². The Morgan fingerprint density at radius 3 is 2.65 bits per heavy atom. The molecule has 0 fully saturated rings. The smallest absolute Gasteiger partial charge is 0.341 e. The number of hydrogen-bond donors (Lipinski definition) is 1. The van der Waals surface area contributed by atoms with Gasteiger partial charge in [0.1, 0.15) is 5.00 Å². The molecule has 0 radical (unpaired) electrons. The number of anilines is 1. The van der Waals surface area contributed by atoms with E-state index in [1.165, 1.54) is 11.3 Å². The van der Waals surface area contributed by atoms with E-state index in [9.17, 15) is 9.59 Å². The fourth-order valence-corrected chi connectivity index (χ4v) is 4.64. The van der Waals surface area contributed by atoms with Crippen molar-refractivity contribution in [1.29, 1.82) is 0 Å². The Labute approximate surface area is 158 Å². The Balaban J connectivity index is 1.75. The fourth-order valence-electron chi connectivity index (χ4n) is 3.34. The van der Waals surface area contributed by atoms with Gasteiger partial charge < -0.3 is 10.1 Å². The molecule has 3 rings (SSSR count). The van der Waals surface area contributed by atoms with Crippen molar-refractivity contribution in [1.82, 2.24) is 0 Å². The highest BCUT2D eigenvalue weighted by Gasteiger charge is 2.26. The summed E-state index contributed by atoms with van der Waals surface area (Å²) in [7, 11) is 0. The highest BCUT2D eigenvalue weighted by atomic mass is 32.1. The Hall–Kier alpha value is -2.14. The number of hydrogen-bond acceptors (Lipinski definition) is 4. The minimum absolute atomic E-state index is 0.0594. The first-order chi connectivity index (χ1) is 12.7. The lowest BCUT2D eigenvalue weighted by Crippen LogP contribution is -2.15. The van der Waals surface area contributed by atoms with E-state index in [-0.39, 0.29) is 11.9 Å². The maximum atomic E-state index is 12.5. The second-order valence-electron chi connectivity index (χ2n) is 6.52. The zero-order chi connectivity index (χ0) is 18.4. The standard InChI is InChI=1S/C21H25NO3S/c1-2-25-21(24)19-16-11-7-4-8-12-17(16)26-20(19)22-18(23)14-13-15-9-5-3-6-10-15/h3,5-6,9-10H,2,4,7-8,11-14H2,1H3,(H,22,23). The van der Waals surface area contributed by atoms with Crippen LogP contribution in [0.15, 0.2) is 30.3 Å². The summed E-state index contributed by atoms with van der Waals surface area (Å²) in [5, 5.41) is 3.64. The van der Waals surface area contributed by atoms with Crippen molar-refractivity contribution in [3.63, 3.8) is 0 Å². The van der Waals surface area contributed by atoms with Crippen LogP contribution in [0.3, 0.4) is 0 Å². The molecule has 1 aliphatic carbocycles.